The fourth-order valence-electron chi connectivity index (χ4n) is 4.00. The van der Waals surface area contributed by atoms with Gasteiger partial charge in [-0.05, 0) is 63.2 Å². The van der Waals surface area contributed by atoms with Gasteiger partial charge in [0.15, 0.2) is 0 Å². The lowest BCUT2D eigenvalue weighted by atomic mass is 9.72. The van der Waals surface area contributed by atoms with E-state index in [0.29, 0.717) is 5.56 Å². The highest BCUT2D eigenvalue weighted by Crippen LogP contribution is 2.44. The minimum atomic E-state index is -0.925. The molecule has 0 aliphatic heterocycles. The monoisotopic (exact) mass is 386 g/mol. The average Bonchev–Trinajstić information content (AvgIpc) is 3.21. The summed E-state index contributed by atoms with van der Waals surface area (Å²) in [5, 5.41) is 11.8. The molecule has 0 amide bonds. The fraction of sp³-hybridized carbons (Fsp3) is 0.160. The average molecular weight is 387 g/mol. The number of benzene rings is 2. The normalized spacial score (nSPS) is 14.9. The van der Waals surface area contributed by atoms with Crippen LogP contribution in [0.15, 0.2) is 66.6 Å². The van der Waals surface area contributed by atoms with Gasteiger partial charge in [0.05, 0.1) is 5.56 Å². The van der Waals surface area contributed by atoms with Crippen molar-refractivity contribution in [3.05, 3.63) is 93.7 Å². The zero-order chi connectivity index (χ0) is 19.9. The van der Waals surface area contributed by atoms with Crippen molar-refractivity contribution in [2.75, 3.05) is 0 Å². The first-order valence-electron chi connectivity index (χ1n) is 9.30. The van der Waals surface area contributed by atoms with Crippen molar-refractivity contribution in [2.45, 2.75) is 25.7 Å². The number of thiophene rings is 1. The van der Waals surface area contributed by atoms with E-state index in [2.05, 4.69) is 56.1 Å². The summed E-state index contributed by atoms with van der Waals surface area (Å²) in [5.41, 5.74) is 6.53. The molecule has 0 saturated heterocycles. The van der Waals surface area contributed by atoms with Crippen LogP contribution < -0.4 is 0 Å². The highest BCUT2D eigenvalue weighted by Gasteiger charge is 2.29. The predicted molar refractivity (Wildman–Crippen MR) is 118 cm³/mol. The minimum Gasteiger partial charge on any atom is -0.478 e. The standard InChI is InChI=1S/C25H22O2S/c1-4-16-7-5-8-19(24(26)27)23(16)17-10-11-21-20(15-17)18(12-13-25(21,2)3)22-9-6-14-28-22/h4-12,14-15H,1,13H2,2-3H3,(H,26,27). The number of aromatic carboxylic acids is 1. The third kappa shape index (κ3) is 3.02. The number of allylic oxidation sites excluding steroid dienone is 1. The van der Waals surface area contributed by atoms with Gasteiger partial charge in [0.2, 0.25) is 0 Å². The molecule has 0 atom stereocenters. The summed E-state index contributed by atoms with van der Waals surface area (Å²) in [5.74, 6) is -0.925. The number of carboxylic acid groups (broad SMARTS) is 1. The van der Waals surface area contributed by atoms with Crippen LogP contribution in [-0.4, -0.2) is 11.1 Å². The van der Waals surface area contributed by atoms with E-state index in [-0.39, 0.29) is 5.41 Å². The highest BCUT2D eigenvalue weighted by molar-refractivity contribution is 7.11. The van der Waals surface area contributed by atoms with E-state index in [4.69, 9.17) is 0 Å². The fourth-order valence-corrected chi connectivity index (χ4v) is 4.78. The van der Waals surface area contributed by atoms with Crippen LogP contribution in [0.1, 0.15) is 52.2 Å². The molecule has 28 heavy (non-hydrogen) atoms. The molecule has 3 aromatic rings. The maximum absolute atomic E-state index is 11.9. The van der Waals surface area contributed by atoms with E-state index in [9.17, 15) is 9.90 Å². The lowest BCUT2D eigenvalue weighted by molar-refractivity contribution is 0.0697. The van der Waals surface area contributed by atoms with Crippen molar-refractivity contribution in [3.8, 4) is 11.1 Å². The molecular weight excluding hydrogens is 364 g/mol. The molecule has 140 valence electrons. The van der Waals surface area contributed by atoms with E-state index >= 15 is 0 Å². The summed E-state index contributed by atoms with van der Waals surface area (Å²) in [6.07, 6.45) is 5.02. The van der Waals surface area contributed by atoms with Crippen molar-refractivity contribution in [1.82, 2.24) is 0 Å². The summed E-state index contributed by atoms with van der Waals surface area (Å²) in [6, 6.07) is 15.9. The maximum Gasteiger partial charge on any atom is 0.336 e. The van der Waals surface area contributed by atoms with E-state index in [1.807, 2.05) is 12.1 Å². The number of hydrogen-bond acceptors (Lipinski definition) is 2. The SMILES string of the molecule is C=Cc1cccc(C(=O)O)c1-c1ccc2c(c1)C(c1cccs1)=CCC2(C)C. The molecule has 0 saturated carbocycles. The first-order chi connectivity index (χ1) is 13.4. The molecule has 4 rings (SSSR count). The number of carbonyl (C=O) groups is 1. The molecule has 2 nitrogen and oxygen atoms in total. The first kappa shape index (κ1) is 18.5. The van der Waals surface area contributed by atoms with Gasteiger partial charge in [-0.1, -0.05) is 62.9 Å². The van der Waals surface area contributed by atoms with Crippen LogP contribution in [0, 0.1) is 0 Å². The maximum atomic E-state index is 11.9. The molecule has 0 radical (unpaired) electrons. The van der Waals surface area contributed by atoms with E-state index < -0.39 is 5.97 Å². The number of rotatable bonds is 4. The van der Waals surface area contributed by atoms with Crippen LogP contribution in [0.5, 0.6) is 0 Å². The van der Waals surface area contributed by atoms with Gasteiger partial charge in [-0.3, -0.25) is 0 Å². The summed E-state index contributed by atoms with van der Waals surface area (Å²) >= 11 is 1.73. The Labute approximate surface area is 169 Å². The number of fused-ring (bicyclic) bond motifs is 1. The molecule has 0 spiro atoms. The lowest BCUT2D eigenvalue weighted by Crippen LogP contribution is -2.21. The van der Waals surface area contributed by atoms with Crippen molar-refractivity contribution >= 4 is 29.0 Å². The van der Waals surface area contributed by atoms with Gasteiger partial charge >= 0.3 is 5.97 Å². The molecule has 1 aromatic heterocycles. The Morgan fingerprint density at radius 3 is 2.68 bits per heavy atom. The second kappa shape index (κ2) is 6.92. The molecule has 2 aromatic carbocycles. The van der Waals surface area contributed by atoms with Gasteiger partial charge in [-0.15, -0.1) is 11.3 Å². The Kier molecular flexibility index (Phi) is 4.56. The third-order valence-electron chi connectivity index (χ3n) is 5.48. The third-order valence-corrected chi connectivity index (χ3v) is 6.38. The van der Waals surface area contributed by atoms with Gasteiger partial charge in [-0.25, -0.2) is 4.79 Å². The molecular formula is C25H22O2S. The quantitative estimate of drug-likeness (QED) is 0.531. The zero-order valence-corrected chi connectivity index (χ0v) is 16.8. The van der Waals surface area contributed by atoms with Crippen LogP contribution in [0.3, 0.4) is 0 Å². The largest absolute Gasteiger partial charge is 0.478 e. The predicted octanol–water partition coefficient (Wildman–Crippen LogP) is 6.87. The lowest BCUT2D eigenvalue weighted by Gasteiger charge is -2.32. The molecule has 0 unspecified atom stereocenters. The molecule has 1 N–H and O–H groups in total. The Balaban J connectivity index is 1.98. The summed E-state index contributed by atoms with van der Waals surface area (Å²) in [6.45, 7) is 8.40. The van der Waals surface area contributed by atoms with Crippen molar-refractivity contribution < 1.29 is 9.90 Å². The smallest absolute Gasteiger partial charge is 0.336 e. The Morgan fingerprint density at radius 2 is 2.00 bits per heavy atom. The Hall–Kier alpha value is -2.91. The topological polar surface area (TPSA) is 37.3 Å². The highest BCUT2D eigenvalue weighted by atomic mass is 32.1. The number of carboxylic acids is 1. The molecule has 1 heterocycles. The van der Waals surface area contributed by atoms with E-state index in [1.165, 1.54) is 21.6 Å². The second-order valence-electron chi connectivity index (χ2n) is 7.72. The number of hydrogen-bond donors (Lipinski definition) is 1. The Morgan fingerprint density at radius 1 is 1.18 bits per heavy atom. The van der Waals surface area contributed by atoms with Gasteiger partial charge in [0, 0.05) is 10.4 Å². The van der Waals surface area contributed by atoms with E-state index in [0.717, 1.165) is 23.1 Å². The van der Waals surface area contributed by atoms with Crippen LogP contribution in [0.4, 0.5) is 0 Å². The van der Waals surface area contributed by atoms with Crippen LogP contribution in [0.2, 0.25) is 0 Å². The molecule has 1 aliphatic rings. The minimum absolute atomic E-state index is 0.0439. The van der Waals surface area contributed by atoms with E-state index in [1.54, 1.807) is 29.5 Å². The van der Waals surface area contributed by atoms with Gasteiger partial charge in [-0.2, -0.15) is 0 Å². The van der Waals surface area contributed by atoms with Crippen LogP contribution >= 0.6 is 11.3 Å². The summed E-state index contributed by atoms with van der Waals surface area (Å²) < 4.78 is 0. The Bertz CT molecular complexity index is 1100. The molecule has 0 fully saturated rings. The van der Waals surface area contributed by atoms with Crippen LogP contribution in [-0.2, 0) is 5.41 Å². The molecule has 3 heteroatoms. The molecule has 1 aliphatic carbocycles. The van der Waals surface area contributed by atoms with Crippen molar-refractivity contribution in [1.29, 1.82) is 0 Å². The van der Waals surface area contributed by atoms with Crippen LogP contribution in [0.25, 0.3) is 22.8 Å². The van der Waals surface area contributed by atoms with Crippen molar-refractivity contribution in [3.63, 3.8) is 0 Å². The molecule has 0 bridgehead atoms. The second-order valence-corrected chi connectivity index (χ2v) is 8.67. The van der Waals surface area contributed by atoms with Gasteiger partial charge < -0.3 is 5.11 Å². The van der Waals surface area contributed by atoms with Gasteiger partial charge in [0.25, 0.3) is 0 Å². The zero-order valence-electron chi connectivity index (χ0n) is 16.0. The summed E-state index contributed by atoms with van der Waals surface area (Å²) in [4.78, 5) is 13.1. The van der Waals surface area contributed by atoms with Crippen molar-refractivity contribution in [2.24, 2.45) is 0 Å². The first-order valence-corrected chi connectivity index (χ1v) is 10.2. The van der Waals surface area contributed by atoms with Gasteiger partial charge in [0.1, 0.15) is 0 Å². The summed E-state index contributed by atoms with van der Waals surface area (Å²) in [7, 11) is 0.